The molecule has 0 atom stereocenters. The van der Waals surface area contributed by atoms with Gasteiger partial charge in [-0.25, -0.2) is 22.5 Å². The summed E-state index contributed by atoms with van der Waals surface area (Å²) in [4.78, 5) is 3.57. The number of hydrogen-bond donors (Lipinski definition) is 1. The highest BCUT2D eigenvalue weighted by molar-refractivity contribution is 7.92. The number of benzene rings is 1. The van der Waals surface area contributed by atoms with Crippen LogP contribution in [-0.4, -0.2) is 33.0 Å². The fourth-order valence-corrected chi connectivity index (χ4v) is 4.16. The van der Waals surface area contributed by atoms with E-state index >= 15 is 0 Å². The van der Waals surface area contributed by atoms with Gasteiger partial charge >= 0.3 is 6.55 Å². The van der Waals surface area contributed by atoms with Gasteiger partial charge < -0.3 is 0 Å². The van der Waals surface area contributed by atoms with Crippen molar-refractivity contribution in [3.63, 3.8) is 0 Å². The number of anilines is 1. The smallest absolute Gasteiger partial charge is 0.246 e. The minimum absolute atomic E-state index is 0.0456. The predicted molar refractivity (Wildman–Crippen MR) is 94.3 cm³/mol. The van der Waals surface area contributed by atoms with E-state index in [1.54, 1.807) is 18.2 Å². The van der Waals surface area contributed by atoms with Crippen LogP contribution in [-0.2, 0) is 16.6 Å². The lowest BCUT2D eigenvalue weighted by molar-refractivity contribution is 0.0538. The molecule has 27 heavy (non-hydrogen) atoms. The van der Waals surface area contributed by atoms with Crippen molar-refractivity contribution in [2.24, 2.45) is 0 Å². The number of aromatic nitrogens is 5. The van der Waals surface area contributed by atoms with Crippen LogP contribution in [0.1, 0.15) is 23.5 Å². The Kier molecular flexibility index (Phi) is 5.16. The number of nitrogens with one attached hydrogen (secondary N) is 1. The van der Waals surface area contributed by atoms with E-state index in [0.717, 1.165) is 5.56 Å². The van der Waals surface area contributed by atoms with Crippen LogP contribution in [0, 0.1) is 13.8 Å². The molecule has 0 radical (unpaired) electrons. The molecular weight excluding hydrogens is 402 g/mol. The number of hydrogen-bond acceptors (Lipinski definition) is 5. The zero-order chi connectivity index (χ0) is 19.8. The molecule has 144 valence electrons. The molecule has 0 aliphatic carbocycles. The monoisotopic (exact) mass is 416 g/mol. The Labute approximate surface area is 158 Å². The molecule has 3 rings (SSSR count). The van der Waals surface area contributed by atoms with E-state index in [1.807, 2.05) is 6.07 Å². The second-order valence-corrected chi connectivity index (χ2v) is 7.71. The van der Waals surface area contributed by atoms with Crippen molar-refractivity contribution in [2.75, 3.05) is 4.72 Å². The fraction of sp³-hybridized carbons (Fsp3) is 0.267. The molecule has 0 unspecified atom stereocenters. The highest BCUT2D eigenvalue weighted by Crippen LogP contribution is 2.25. The Morgan fingerprint density at radius 1 is 1.22 bits per heavy atom. The molecule has 2 heterocycles. The van der Waals surface area contributed by atoms with Crippen molar-refractivity contribution in [3.05, 3.63) is 52.6 Å². The average Bonchev–Trinajstić information content (AvgIpc) is 3.13. The van der Waals surface area contributed by atoms with Gasteiger partial charge in [0.1, 0.15) is 11.2 Å². The molecule has 0 amide bonds. The van der Waals surface area contributed by atoms with Gasteiger partial charge in [0, 0.05) is 5.02 Å². The topological polar surface area (TPSA) is 94.7 Å². The summed E-state index contributed by atoms with van der Waals surface area (Å²) in [6.07, 6.45) is 1.34. The summed E-state index contributed by atoms with van der Waals surface area (Å²) in [5, 5.41) is 8.16. The standard InChI is InChI=1S/C15H15ClF2N6O2S/c1-9-13(10(2)24(20-9)14(17)18)27(25,26)22-15-19-8-23(21-15)7-11-5-3-4-6-12(11)16/h3-6,8,14H,7H2,1-2H3,(H,21,22). The second kappa shape index (κ2) is 7.24. The number of nitrogens with zero attached hydrogens (tertiary/aromatic N) is 5. The molecule has 0 fully saturated rings. The van der Waals surface area contributed by atoms with Gasteiger partial charge in [0.05, 0.1) is 17.9 Å². The van der Waals surface area contributed by atoms with E-state index < -0.39 is 16.6 Å². The molecule has 3 aromatic rings. The van der Waals surface area contributed by atoms with Crippen molar-refractivity contribution in [3.8, 4) is 0 Å². The van der Waals surface area contributed by atoms with E-state index in [9.17, 15) is 17.2 Å². The second-order valence-electron chi connectivity index (χ2n) is 5.68. The van der Waals surface area contributed by atoms with Crippen LogP contribution < -0.4 is 4.72 Å². The third-order valence-corrected chi connectivity index (χ3v) is 5.71. The van der Waals surface area contributed by atoms with Gasteiger partial charge in [0.15, 0.2) is 0 Å². The maximum absolute atomic E-state index is 12.9. The number of rotatable bonds is 6. The summed E-state index contributed by atoms with van der Waals surface area (Å²) < 4.78 is 55.0. The van der Waals surface area contributed by atoms with E-state index in [0.29, 0.717) is 9.70 Å². The van der Waals surface area contributed by atoms with Crippen LogP contribution >= 0.6 is 11.6 Å². The molecule has 12 heteroatoms. The summed E-state index contributed by atoms with van der Waals surface area (Å²) in [6.45, 7) is -0.0651. The summed E-state index contributed by atoms with van der Waals surface area (Å²) in [5.74, 6) is -0.189. The Bertz CT molecular complexity index is 1080. The average molecular weight is 417 g/mol. The van der Waals surface area contributed by atoms with Crippen LogP contribution in [0.15, 0.2) is 35.5 Å². The lowest BCUT2D eigenvalue weighted by Crippen LogP contribution is -2.16. The number of halogens is 3. The SMILES string of the molecule is Cc1nn(C(F)F)c(C)c1S(=O)(=O)Nc1ncn(Cc2ccccc2Cl)n1. The molecule has 0 aliphatic heterocycles. The third-order valence-electron chi connectivity index (χ3n) is 3.76. The lowest BCUT2D eigenvalue weighted by atomic mass is 10.2. The molecule has 0 saturated heterocycles. The number of sulfonamides is 1. The first-order valence-corrected chi connectivity index (χ1v) is 9.54. The van der Waals surface area contributed by atoms with E-state index in [-0.39, 0.29) is 28.8 Å². The first-order valence-electron chi connectivity index (χ1n) is 7.68. The predicted octanol–water partition coefficient (Wildman–Crippen LogP) is 2.99. The van der Waals surface area contributed by atoms with Crippen LogP contribution in [0.5, 0.6) is 0 Å². The van der Waals surface area contributed by atoms with Crippen molar-refractivity contribution < 1.29 is 17.2 Å². The van der Waals surface area contributed by atoms with Crippen LogP contribution in [0.25, 0.3) is 0 Å². The minimum atomic E-state index is -4.19. The van der Waals surface area contributed by atoms with Crippen LogP contribution in [0.2, 0.25) is 5.02 Å². The van der Waals surface area contributed by atoms with Gasteiger partial charge in [-0.3, -0.25) is 0 Å². The van der Waals surface area contributed by atoms with Gasteiger partial charge in [-0.15, -0.1) is 5.10 Å². The van der Waals surface area contributed by atoms with Crippen LogP contribution in [0.4, 0.5) is 14.7 Å². The largest absolute Gasteiger partial charge is 0.333 e. The summed E-state index contributed by atoms with van der Waals surface area (Å²) in [6, 6.07) is 7.13. The zero-order valence-corrected chi connectivity index (χ0v) is 15.8. The Balaban J connectivity index is 1.84. The van der Waals surface area contributed by atoms with Crippen molar-refractivity contribution in [2.45, 2.75) is 31.8 Å². The highest BCUT2D eigenvalue weighted by Gasteiger charge is 2.28. The first-order chi connectivity index (χ1) is 12.7. The Morgan fingerprint density at radius 3 is 2.56 bits per heavy atom. The van der Waals surface area contributed by atoms with Crippen molar-refractivity contribution in [1.82, 2.24) is 24.5 Å². The van der Waals surface area contributed by atoms with E-state index in [2.05, 4.69) is 19.9 Å². The Morgan fingerprint density at radius 2 is 1.93 bits per heavy atom. The van der Waals surface area contributed by atoms with Gasteiger partial charge in [0.25, 0.3) is 16.0 Å². The lowest BCUT2D eigenvalue weighted by Gasteiger charge is -2.06. The van der Waals surface area contributed by atoms with Crippen molar-refractivity contribution in [1.29, 1.82) is 0 Å². The molecule has 0 aliphatic rings. The maximum Gasteiger partial charge on any atom is 0.333 e. The first kappa shape index (κ1) is 19.2. The molecule has 8 nitrogen and oxygen atoms in total. The molecule has 1 aromatic carbocycles. The molecule has 0 spiro atoms. The molecule has 0 bridgehead atoms. The molecule has 2 aromatic heterocycles. The van der Waals surface area contributed by atoms with Crippen LogP contribution in [0.3, 0.4) is 0 Å². The third kappa shape index (κ3) is 3.93. The number of alkyl halides is 2. The summed E-state index contributed by atoms with van der Waals surface area (Å²) in [7, 11) is -4.19. The molecular formula is C15H15ClF2N6O2S. The van der Waals surface area contributed by atoms with Gasteiger partial charge in [0.2, 0.25) is 0 Å². The van der Waals surface area contributed by atoms with E-state index in [1.165, 1.54) is 24.9 Å². The fourth-order valence-electron chi connectivity index (χ4n) is 2.62. The number of aryl methyl sites for hydroxylation is 1. The van der Waals surface area contributed by atoms with E-state index in [4.69, 9.17) is 11.6 Å². The van der Waals surface area contributed by atoms with Gasteiger partial charge in [-0.2, -0.15) is 18.9 Å². The molecule has 0 saturated carbocycles. The minimum Gasteiger partial charge on any atom is -0.246 e. The van der Waals surface area contributed by atoms with Gasteiger partial charge in [-0.1, -0.05) is 29.8 Å². The quantitative estimate of drug-likeness (QED) is 0.666. The van der Waals surface area contributed by atoms with Crippen molar-refractivity contribution >= 4 is 27.6 Å². The maximum atomic E-state index is 12.9. The molecule has 1 N–H and O–H groups in total. The Hall–Kier alpha value is -2.53. The highest BCUT2D eigenvalue weighted by atomic mass is 35.5. The summed E-state index contributed by atoms with van der Waals surface area (Å²) in [5.41, 5.74) is 0.560. The van der Waals surface area contributed by atoms with Gasteiger partial charge in [-0.05, 0) is 25.5 Å². The zero-order valence-electron chi connectivity index (χ0n) is 14.3. The summed E-state index contributed by atoms with van der Waals surface area (Å²) >= 11 is 6.09. The normalized spacial score (nSPS) is 11.9.